The zero-order chi connectivity index (χ0) is 13.9. The standard InChI is InChI=1S/C15H26N4S/c1-3-13-14(11-16-12-5-6-12)20-15(17-13)19-8-4-7-18(2)9-10-19/h12,16H,3-11H2,1-2H3. The molecule has 2 heterocycles. The lowest BCUT2D eigenvalue weighted by atomic mass is 10.3. The van der Waals surface area contributed by atoms with E-state index in [1.165, 1.54) is 41.5 Å². The van der Waals surface area contributed by atoms with Crippen molar-refractivity contribution in [2.45, 2.75) is 45.2 Å². The Bertz CT molecular complexity index is 441. The highest BCUT2D eigenvalue weighted by Crippen LogP contribution is 2.29. The largest absolute Gasteiger partial charge is 0.347 e. The van der Waals surface area contributed by atoms with Gasteiger partial charge in [-0.25, -0.2) is 4.98 Å². The summed E-state index contributed by atoms with van der Waals surface area (Å²) in [5.41, 5.74) is 1.30. The molecule has 0 atom stereocenters. The van der Waals surface area contributed by atoms with Gasteiger partial charge < -0.3 is 15.1 Å². The van der Waals surface area contributed by atoms with Crippen molar-refractivity contribution in [2.24, 2.45) is 0 Å². The van der Waals surface area contributed by atoms with E-state index >= 15 is 0 Å². The van der Waals surface area contributed by atoms with Crippen LogP contribution in [0, 0.1) is 0 Å². The lowest BCUT2D eigenvalue weighted by molar-refractivity contribution is 0.360. The number of aryl methyl sites for hydroxylation is 1. The topological polar surface area (TPSA) is 31.4 Å². The molecule has 1 aliphatic carbocycles. The first-order valence-corrected chi connectivity index (χ1v) is 8.73. The molecule has 20 heavy (non-hydrogen) atoms. The zero-order valence-corrected chi connectivity index (χ0v) is 13.5. The lowest BCUT2D eigenvalue weighted by Gasteiger charge is -2.19. The molecule has 2 aliphatic rings. The van der Waals surface area contributed by atoms with Crippen molar-refractivity contribution in [3.05, 3.63) is 10.6 Å². The van der Waals surface area contributed by atoms with E-state index in [0.717, 1.165) is 38.6 Å². The Hall–Kier alpha value is -0.650. The summed E-state index contributed by atoms with van der Waals surface area (Å²) in [5, 5.41) is 4.87. The molecule has 112 valence electrons. The van der Waals surface area contributed by atoms with Crippen LogP contribution in [0.15, 0.2) is 0 Å². The van der Waals surface area contributed by atoms with E-state index in [1.54, 1.807) is 0 Å². The molecule has 1 saturated carbocycles. The summed E-state index contributed by atoms with van der Waals surface area (Å²) in [4.78, 5) is 11.3. The molecule has 1 aromatic heterocycles. The number of thiazole rings is 1. The van der Waals surface area contributed by atoms with E-state index in [4.69, 9.17) is 4.98 Å². The summed E-state index contributed by atoms with van der Waals surface area (Å²) in [6.45, 7) is 7.85. The summed E-state index contributed by atoms with van der Waals surface area (Å²) in [6.07, 6.45) is 5.00. The molecule has 1 N–H and O–H groups in total. The van der Waals surface area contributed by atoms with Crippen molar-refractivity contribution in [3.8, 4) is 0 Å². The average Bonchev–Trinajstić information content (AvgIpc) is 3.22. The first-order chi connectivity index (χ1) is 9.76. The Morgan fingerprint density at radius 2 is 2.10 bits per heavy atom. The summed E-state index contributed by atoms with van der Waals surface area (Å²) in [5.74, 6) is 0. The van der Waals surface area contributed by atoms with Crippen molar-refractivity contribution in [3.63, 3.8) is 0 Å². The minimum absolute atomic E-state index is 0.775. The quantitative estimate of drug-likeness (QED) is 0.901. The second kappa shape index (κ2) is 6.41. The fraction of sp³-hybridized carbons (Fsp3) is 0.800. The summed E-state index contributed by atoms with van der Waals surface area (Å²) >= 11 is 1.90. The van der Waals surface area contributed by atoms with Crippen LogP contribution in [-0.2, 0) is 13.0 Å². The zero-order valence-electron chi connectivity index (χ0n) is 12.7. The maximum Gasteiger partial charge on any atom is 0.185 e. The van der Waals surface area contributed by atoms with Crippen LogP contribution in [0.3, 0.4) is 0 Å². The van der Waals surface area contributed by atoms with Gasteiger partial charge in [-0.15, -0.1) is 11.3 Å². The molecule has 1 saturated heterocycles. The van der Waals surface area contributed by atoms with E-state index in [9.17, 15) is 0 Å². The third kappa shape index (κ3) is 3.51. The SMILES string of the molecule is CCc1nc(N2CCCN(C)CC2)sc1CNC1CC1. The molecule has 3 rings (SSSR count). The molecule has 0 radical (unpaired) electrons. The fourth-order valence-electron chi connectivity index (χ4n) is 2.68. The molecule has 0 aromatic carbocycles. The molecule has 0 spiro atoms. The van der Waals surface area contributed by atoms with Crippen molar-refractivity contribution in [1.82, 2.24) is 15.2 Å². The highest BCUT2D eigenvalue weighted by atomic mass is 32.1. The Kier molecular flexibility index (Phi) is 4.58. The number of anilines is 1. The van der Waals surface area contributed by atoms with E-state index in [0.29, 0.717) is 0 Å². The number of nitrogens with zero attached hydrogens (tertiary/aromatic N) is 3. The van der Waals surface area contributed by atoms with Crippen LogP contribution < -0.4 is 10.2 Å². The Morgan fingerprint density at radius 1 is 1.25 bits per heavy atom. The van der Waals surface area contributed by atoms with Crippen LogP contribution >= 0.6 is 11.3 Å². The van der Waals surface area contributed by atoms with Crippen molar-refractivity contribution >= 4 is 16.5 Å². The van der Waals surface area contributed by atoms with E-state index < -0.39 is 0 Å². The van der Waals surface area contributed by atoms with E-state index in [2.05, 4.69) is 29.1 Å². The number of rotatable bonds is 5. The van der Waals surface area contributed by atoms with Crippen LogP contribution in [0.5, 0.6) is 0 Å². The number of aromatic nitrogens is 1. The molecule has 4 nitrogen and oxygen atoms in total. The van der Waals surface area contributed by atoms with Crippen LogP contribution in [-0.4, -0.2) is 49.2 Å². The van der Waals surface area contributed by atoms with Crippen LogP contribution in [0.25, 0.3) is 0 Å². The van der Waals surface area contributed by atoms with Gasteiger partial charge in [0.1, 0.15) is 0 Å². The third-order valence-electron chi connectivity index (χ3n) is 4.22. The van der Waals surface area contributed by atoms with Crippen molar-refractivity contribution < 1.29 is 0 Å². The van der Waals surface area contributed by atoms with Crippen LogP contribution in [0.4, 0.5) is 5.13 Å². The van der Waals surface area contributed by atoms with Gasteiger partial charge in [-0.05, 0) is 39.3 Å². The fourth-order valence-corrected chi connectivity index (χ4v) is 3.83. The highest BCUT2D eigenvalue weighted by molar-refractivity contribution is 7.15. The molecule has 0 unspecified atom stereocenters. The second-order valence-corrected chi connectivity index (χ2v) is 7.08. The average molecular weight is 294 g/mol. The number of likely N-dealkylation sites (N-methyl/N-ethyl adjacent to an activating group) is 1. The van der Waals surface area contributed by atoms with Gasteiger partial charge in [-0.3, -0.25) is 0 Å². The predicted molar refractivity (Wildman–Crippen MR) is 85.7 cm³/mol. The molecule has 0 bridgehead atoms. The van der Waals surface area contributed by atoms with Crippen LogP contribution in [0.2, 0.25) is 0 Å². The summed E-state index contributed by atoms with van der Waals surface area (Å²) in [7, 11) is 2.22. The Morgan fingerprint density at radius 3 is 2.85 bits per heavy atom. The summed E-state index contributed by atoms with van der Waals surface area (Å²) < 4.78 is 0. The highest BCUT2D eigenvalue weighted by Gasteiger charge is 2.22. The molecule has 2 fully saturated rings. The van der Waals surface area contributed by atoms with Crippen molar-refractivity contribution in [2.75, 3.05) is 38.1 Å². The normalized spacial score (nSPS) is 21.2. The second-order valence-electron chi connectivity index (χ2n) is 6.02. The lowest BCUT2D eigenvalue weighted by Crippen LogP contribution is -2.28. The van der Waals surface area contributed by atoms with Gasteiger partial charge in [0.2, 0.25) is 0 Å². The number of nitrogens with one attached hydrogen (secondary N) is 1. The van der Waals surface area contributed by atoms with Gasteiger partial charge >= 0.3 is 0 Å². The number of hydrogen-bond donors (Lipinski definition) is 1. The first kappa shape index (κ1) is 14.3. The maximum absolute atomic E-state index is 4.90. The molecular weight excluding hydrogens is 268 g/mol. The number of hydrogen-bond acceptors (Lipinski definition) is 5. The Balaban J connectivity index is 1.68. The summed E-state index contributed by atoms with van der Waals surface area (Å²) in [6, 6.07) is 0.775. The molecule has 0 amide bonds. The molecule has 1 aliphatic heterocycles. The van der Waals surface area contributed by atoms with Gasteiger partial charge in [-0.1, -0.05) is 6.92 Å². The Labute approximate surface area is 126 Å². The minimum Gasteiger partial charge on any atom is -0.347 e. The smallest absolute Gasteiger partial charge is 0.185 e. The van der Waals surface area contributed by atoms with Gasteiger partial charge in [0, 0.05) is 37.1 Å². The monoisotopic (exact) mass is 294 g/mol. The third-order valence-corrected chi connectivity index (χ3v) is 5.38. The molecule has 1 aromatic rings. The maximum atomic E-state index is 4.90. The predicted octanol–water partition coefficient (Wildman–Crippen LogP) is 2.10. The first-order valence-electron chi connectivity index (χ1n) is 7.91. The molecule has 5 heteroatoms. The molecular formula is C15H26N4S. The minimum atomic E-state index is 0.775. The van der Waals surface area contributed by atoms with Gasteiger partial charge in [-0.2, -0.15) is 0 Å². The van der Waals surface area contributed by atoms with E-state index in [-0.39, 0.29) is 0 Å². The van der Waals surface area contributed by atoms with Gasteiger partial charge in [0.25, 0.3) is 0 Å². The van der Waals surface area contributed by atoms with Crippen LogP contribution in [0.1, 0.15) is 36.8 Å². The van der Waals surface area contributed by atoms with E-state index in [1.807, 2.05) is 11.3 Å². The van der Waals surface area contributed by atoms with Crippen molar-refractivity contribution in [1.29, 1.82) is 0 Å². The van der Waals surface area contributed by atoms with Gasteiger partial charge in [0.05, 0.1) is 5.69 Å². The van der Waals surface area contributed by atoms with Gasteiger partial charge in [0.15, 0.2) is 5.13 Å².